The zero-order chi connectivity index (χ0) is 13.2. The molecule has 1 unspecified atom stereocenters. The maximum Gasteiger partial charge on any atom is 0.241 e. The normalized spacial score (nSPS) is 41.9. The highest BCUT2D eigenvalue weighted by atomic mass is 16.2. The molecule has 1 amide bonds. The van der Waals surface area contributed by atoms with E-state index < -0.39 is 0 Å². The molecule has 4 nitrogen and oxygen atoms in total. The minimum atomic E-state index is 0.165. The molecule has 4 fully saturated rings. The summed E-state index contributed by atoms with van der Waals surface area (Å²) in [6, 6.07) is 1.29. The summed E-state index contributed by atoms with van der Waals surface area (Å²) in [5, 5.41) is 3.42. The van der Waals surface area contributed by atoms with Gasteiger partial charge in [-0.1, -0.05) is 0 Å². The van der Waals surface area contributed by atoms with Crippen LogP contribution in [0.3, 0.4) is 0 Å². The Morgan fingerprint density at radius 1 is 1.26 bits per heavy atom. The quantitative estimate of drug-likeness (QED) is 0.767. The van der Waals surface area contributed by atoms with Gasteiger partial charge >= 0.3 is 0 Å². The molecular formula is C15H25N3O. The number of carbonyl (C=O) groups is 1. The molecule has 0 radical (unpaired) electrons. The third-order valence-corrected chi connectivity index (χ3v) is 5.75. The number of hydrogen-bond donors (Lipinski definition) is 1. The molecule has 19 heavy (non-hydrogen) atoms. The van der Waals surface area contributed by atoms with Crippen LogP contribution in [0.2, 0.25) is 0 Å². The molecule has 3 saturated heterocycles. The third kappa shape index (κ3) is 1.83. The number of nitrogens with zero attached hydrogens (tertiary/aromatic N) is 2. The highest BCUT2D eigenvalue weighted by Gasteiger charge is 2.58. The van der Waals surface area contributed by atoms with Crippen molar-refractivity contribution in [3.63, 3.8) is 0 Å². The molecule has 3 aliphatic heterocycles. The first-order valence-electron chi connectivity index (χ1n) is 7.92. The van der Waals surface area contributed by atoms with Crippen LogP contribution in [0.25, 0.3) is 0 Å². The Morgan fingerprint density at radius 3 is 2.53 bits per heavy atom. The van der Waals surface area contributed by atoms with Gasteiger partial charge in [-0.3, -0.25) is 15.0 Å². The van der Waals surface area contributed by atoms with E-state index in [1.54, 1.807) is 0 Å². The van der Waals surface area contributed by atoms with E-state index in [0.29, 0.717) is 18.0 Å². The van der Waals surface area contributed by atoms with Gasteiger partial charge in [0.1, 0.15) is 6.04 Å². The average molecular weight is 263 g/mol. The standard InChI is InChI=1S/C15H25N3O/c1-10(2)17-7-5-15(9-17)6-8-18(15)14(19)13-12(16-13)11-3-4-11/h10-13,16H,3-9H2,1-2H3/t12-,13+,15?/m0/s1. The number of nitrogens with one attached hydrogen (secondary N) is 1. The lowest BCUT2D eigenvalue weighted by Gasteiger charge is -2.51. The van der Waals surface area contributed by atoms with Gasteiger partial charge in [-0.25, -0.2) is 0 Å². The summed E-state index contributed by atoms with van der Waals surface area (Å²) < 4.78 is 0. The van der Waals surface area contributed by atoms with E-state index in [0.717, 1.165) is 25.6 Å². The average Bonchev–Trinajstić information content (AvgIpc) is 3.22. The van der Waals surface area contributed by atoms with Crippen molar-refractivity contribution in [3.8, 4) is 0 Å². The Morgan fingerprint density at radius 2 is 2.00 bits per heavy atom. The van der Waals surface area contributed by atoms with E-state index >= 15 is 0 Å². The van der Waals surface area contributed by atoms with Crippen LogP contribution in [0.5, 0.6) is 0 Å². The second kappa shape index (κ2) is 3.95. The lowest BCUT2D eigenvalue weighted by Crippen LogP contribution is -2.64. The van der Waals surface area contributed by atoms with Gasteiger partial charge in [0.2, 0.25) is 5.91 Å². The van der Waals surface area contributed by atoms with Crippen LogP contribution < -0.4 is 5.32 Å². The first kappa shape index (κ1) is 12.2. The monoisotopic (exact) mass is 263 g/mol. The van der Waals surface area contributed by atoms with Gasteiger partial charge in [0, 0.05) is 31.7 Å². The predicted octanol–water partition coefficient (Wildman–Crippen LogP) is 0.822. The Balaban J connectivity index is 1.41. The SMILES string of the molecule is CC(C)N1CCC2(CCN2C(=O)[C@@H]2N[C@H]2C2CC2)C1. The molecular weight excluding hydrogens is 238 g/mol. The van der Waals surface area contributed by atoms with E-state index in [2.05, 4.69) is 29.0 Å². The molecule has 1 spiro atoms. The molecule has 4 rings (SSSR count). The first-order chi connectivity index (χ1) is 9.11. The number of carbonyl (C=O) groups excluding carboxylic acids is 1. The number of amides is 1. The van der Waals surface area contributed by atoms with Crippen molar-refractivity contribution in [1.82, 2.24) is 15.1 Å². The molecule has 3 heterocycles. The fourth-order valence-corrected chi connectivity index (χ4v) is 4.04. The van der Waals surface area contributed by atoms with Crippen LogP contribution in [0, 0.1) is 5.92 Å². The Kier molecular flexibility index (Phi) is 2.53. The smallest absolute Gasteiger partial charge is 0.241 e. The van der Waals surface area contributed by atoms with Crippen molar-refractivity contribution in [1.29, 1.82) is 0 Å². The molecule has 4 aliphatic rings. The Bertz CT molecular complexity index is 406. The second-order valence-corrected chi connectivity index (χ2v) is 7.29. The van der Waals surface area contributed by atoms with Crippen LogP contribution in [0.15, 0.2) is 0 Å². The molecule has 0 bridgehead atoms. The first-order valence-corrected chi connectivity index (χ1v) is 7.92. The number of hydrogen-bond acceptors (Lipinski definition) is 3. The summed E-state index contributed by atoms with van der Waals surface area (Å²) >= 11 is 0. The Hall–Kier alpha value is -0.610. The maximum atomic E-state index is 12.6. The molecule has 3 atom stereocenters. The zero-order valence-corrected chi connectivity index (χ0v) is 12.1. The lowest BCUT2D eigenvalue weighted by molar-refractivity contribution is -0.146. The van der Waals surface area contributed by atoms with Gasteiger partial charge in [0.25, 0.3) is 0 Å². The molecule has 1 N–H and O–H groups in total. The molecule has 0 aromatic carbocycles. The maximum absolute atomic E-state index is 12.6. The Labute approximate surface area is 115 Å². The molecule has 0 aromatic heterocycles. The summed E-state index contributed by atoms with van der Waals surface area (Å²) in [7, 11) is 0. The van der Waals surface area contributed by atoms with E-state index in [9.17, 15) is 4.79 Å². The lowest BCUT2D eigenvalue weighted by atomic mass is 9.83. The molecule has 4 heteroatoms. The fraction of sp³-hybridized carbons (Fsp3) is 0.933. The van der Waals surface area contributed by atoms with Crippen molar-refractivity contribution in [2.75, 3.05) is 19.6 Å². The van der Waals surface area contributed by atoms with Crippen LogP contribution in [0.4, 0.5) is 0 Å². The van der Waals surface area contributed by atoms with Crippen LogP contribution in [-0.4, -0.2) is 59.0 Å². The highest BCUT2D eigenvalue weighted by molar-refractivity contribution is 5.87. The van der Waals surface area contributed by atoms with Crippen molar-refractivity contribution < 1.29 is 4.79 Å². The summed E-state index contributed by atoms with van der Waals surface area (Å²) in [5.74, 6) is 1.20. The van der Waals surface area contributed by atoms with Gasteiger partial charge in [-0.2, -0.15) is 0 Å². The number of likely N-dealkylation sites (tertiary alicyclic amines) is 2. The van der Waals surface area contributed by atoms with Crippen LogP contribution in [-0.2, 0) is 4.79 Å². The molecule has 1 aliphatic carbocycles. The van der Waals surface area contributed by atoms with E-state index in [4.69, 9.17) is 0 Å². The molecule has 1 saturated carbocycles. The molecule has 0 aromatic rings. The van der Waals surface area contributed by atoms with Crippen molar-refractivity contribution in [3.05, 3.63) is 0 Å². The van der Waals surface area contributed by atoms with E-state index in [1.165, 1.54) is 25.7 Å². The van der Waals surface area contributed by atoms with Gasteiger partial charge in [-0.15, -0.1) is 0 Å². The van der Waals surface area contributed by atoms with Gasteiger partial charge in [0.05, 0.1) is 5.54 Å². The second-order valence-electron chi connectivity index (χ2n) is 7.29. The third-order valence-electron chi connectivity index (χ3n) is 5.75. The largest absolute Gasteiger partial charge is 0.334 e. The van der Waals surface area contributed by atoms with Gasteiger partial charge in [-0.05, 0) is 45.4 Å². The topological polar surface area (TPSA) is 45.5 Å². The molecule has 106 valence electrons. The van der Waals surface area contributed by atoms with E-state index in [1.807, 2.05) is 0 Å². The van der Waals surface area contributed by atoms with E-state index in [-0.39, 0.29) is 11.6 Å². The van der Waals surface area contributed by atoms with Gasteiger partial charge in [0.15, 0.2) is 0 Å². The fourth-order valence-electron chi connectivity index (χ4n) is 4.04. The summed E-state index contributed by atoms with van der Waals surface area (Å²) in [6.45, 7) is 7.76. The van der Waals surface area contributed by atoms with Gasteiger partial charge < -0.3 is 4.90 Å². The van der Waals surface area contributed by atoms with Crippen molar-refractivity contribution in [2.45, 2.75) is 63.2 Å². The minimum Gasteiger partial charge on any atom is -0.334 e. The minimum absolute atomic E-state index is 0.165. The van der Waals surface area contributed by atoms with Crippen LogP contribution in [0.1, 0.15) is 39.5 Å². The number of rotatable bonds is 3. The van der Waals surface area contributed by atoms with Crippen molar-refractivity contribution in [2.24, 2.45) is 5.92 Å². The van der Waals surface area contributed by atoms with Crippen LogP contribution >= 0.6 is 0 Å². The summed E-state index contributed by atoms with van der Waals surface area (Å²) in [4.78, 5) is 17.3. The zero-order valence-electron chi connectivity index (χ0n) is 12.1. The predicted molar refractivity (Wildman–Crippen MR) is 73.8 cm³/mol. The van der Waals surface area contributed by atoms with Crippen molar-refractivity contribution >= 4 is 5.91 Å². The highest BCUT2D eigenvalue weighted by Crippen LogP contribution is 2.44. The summed E-state index contributed by atoms with van der Waals surface area (Å²) in [6.07, 6.45) is 5.04. The summed E-state index contributed by atoms with van der Waals surface area (Å²) in [5.41, 5.74) is 0.194.